The summed E-state index contributed by atoms with van der Waals surface area (Å²) in [5, 5.41) is 3.45. The fraction of sp³-hybridized carbons (Fsp3) is 0.163. The summed E-state index contributed by atoms with van der Waals surface area (Å²) in [6.45, 7) is 2.89. The van der Waals surface area contributed by atoms with Gasteiger partial charge in [0.2, 0.25) is 0 Å². The van der Waals surface area contributed by atoms with Gasteiger partial charge in [0.15, 0.2) is 17.2 Å². The standard InChI is InChI=1S/C43H32Br3N9S3.ClH/c1-54-14-16-55(17-15-54)43(41-49-22-28(45)37(52-41)34-19-25-9-3-6-12-31(25)57-34,42-50-23-29(46)38(53-42)35-20-26-10-4-7-13-32(26)58-35)39(47)40-48-21-27(44)36(51-40)33-18-24-8-2-5-11-30(24)56-33;/h2-13,18-23,39H,14-17,47H2,1H3;1H. The SMILES string of the molecule is CN1CCN(C(c2ncc(Br)c(-c3cc4ccccc4s3)n2)(c2ncc(Br)c(-c3cc4ccccc4s3)n2)C(N)c2ncc(Br)c(-c3cc4ccccc4s3)n2)CC1.Cl. The maximum Gasteiger partial charge on any atom is 0.164 e. The molecule has 3 aromatic carbocycles. The van der Waals surface area contributed by atoms with Gasteiger partial charge in [-0.15, -0.1) is 46.4 Å². The first-order valence-electron chi connectivity index (χ1n) is 18.5. The molecule has 1 unspecified atom stereocenters. The van der Waals surface area contributed by atoms with E-state index in [0.29, 0.717) is 30.6 Å². The third-order valence-corrected chi connectivity index (χ3v) is 15.7. The van der Waals surface area contributed by atoms with Crippen LogP contribution in [0.25, 0.3) is 62.0 Å². The van der Waals surface area contributed by atoms with Crippen molar-refractivity contribution in [2.24, 2.45) is 5.73 Å². The molecule has 1 fully saturated rings. The van der Waals surface area contributed by atoms with E-state index in [4.69, 9.17) is 35.6 Å². The van der Waals surface area contributed by atoms with E-state index in [2.05, 4.69) is 156 Å². The van der Waals surface area contributed by atoms with Crippen molar-refractivity contribution in [2.45, 2.75) is 11.6 Å². The average Bonchev–Trinajstić information content (AvgIpc) is 4.00. The maximum absolute atomic E-state index is 7.78. The summed E-state index contributed by atoms with van der Waals surface area (Å²) in [6, 6.07) is 30.7. The Morgan fingerprint density at radius 2 is 0.966 bits per heavy atom. The van der Waals surface area contributed by atoms with Gasteiger partial charge in [-0.1, -0.05) is 54.6 Å². The van der Waals surface area contributed by atoms with E-state index in [0.717, 1.165) is 74.4 Å². The zero-order chi connectivity index (χ0) is 39.5. The van der Waals surface area contributed by atoms with Crippen molar-refractivity contribution < 1.29 is 0 Å². The molecule has 0 amide bonds. The number of likely N-dealkylation sites (N-methyl/N-ethyl adjacent to an activating group) is 1. The second kappa shape index (κ2) is 16.7. The van der Waals surface area contributed by atoms with Crippen LogP contribution in [0.3, 0.4) is 0 Å². The van der Waals surface area contributed by atoms with Crippen molar-refractivity contribution >= 4 is 124 Å². The molecule has 0 spiro atoms. The van der Waals surface area contributed by atoms with Crippen LogP contribution in [0.4, 0.5) is 0 Å². The van der Waals surface area contributed by atoms with E-state index < -0.39 is 11.6 Å². The van der Waals surface area contributed by atoms with Gasteiger partial charge in [-0.3, -0.25) is 4.90 Å². The number of nitrogens with zero attached hydrogens (tertiary/aromatic N) is 8. The molecule has 10 rings (SSSR count). The zero-order valence-corrected chi connectivity index (χ0v) is 39.2. The largest absolute Gasteiger partial charge is 0.319 e. The Labute approximate surface area is 383 Å². The van der Waals surface area contributed by atoms with Gasteiger partial charge in [0.05, 0.1) is 51.2 Å². The van der Waals surface area contributed by atoms with Gasteiger partial charge in [0, 0.05) is 58.9 Å². The van der Waals surface area contributed by atoms with Crippen LogP contribution in [0, 0.1) is 0 Å². The summed E-state index contributed by atoms with van der Waals surface area (Å²) in [6.07, 6.45) is 5.46. The number of nitrogens with two attached hydrogens (primary N) is 1. The predicted octanol–water partition coefficient (Wildman–Crippen LogP) is 11.6. The molecule has 0 bridgehead atoms. The highest BCUT2D eigenvalue weighted by Gasteiger charge is 2.53. The molecule has 9 nitrogen and oxygen atoms in total. The molecule has 16 heteroatoms. The van der Waals surface area contributed by atoms with Crippen LogP contribution in [0.15, 0.2) is 123 Å². The molecule has 9 aromatic rings. The minimum absolute atomic E-state index is 0. The van der Waals surface area contributed by atoms with Crippen molar-refractivity contribution in [3.8, 4) is 31.7 Å². The average molecular weight is 1050 g/mol. The molecule has 1 saturated heterocycles. The predicted molar refractivity (Wildman–Crippen MR) is 256 cm³/mol. The molecular weight excluding hydrogens is 1010 g/mol. The highest BCUT2D eigenvalue weighted by Crippen LogP contribution is 2.47. The maximum atomic E-state index is 7.78. The molecule has 0 radical (unpaired) electrons. The summed E-state index contributed by atoms with van der Waals surface area (Å²) in [7, 11) is 2.14. The molecule has 2 N–H and O–H groups in total. The lowest BCUT2D eigenvalue weighted by Gasteiger charge is -2.47. The number of piperazine rings is 1. The highest BCUT2D eigenvalue weighted by molar-refractivity contribution is 9.11. The molecule has 0 aliphatic carbocycles. The molecule has 6 aromatic heterocycles. The Morgan fingerprint density at radius 1 is 0.576 bits per heavy atom. The monoisotopic (exact) mass is 1040 g/mol. The van der Waals surface area contributed by atoms with Gasteiger partial charge >= 0.3 is 0 Å². The second-order valence-electron chi connectivity index (χ2n) is 14.2. The smallest absolute Gasteiger partial charge is 0.164 e. The summed E-state index contributed by atoms with van der Waals surface area (Å²) >= 11 is 16.5. The lowest BCUT2D eigenvalue weighted by atomic mass is 9.84. The molecule has 1 atom stereocenters. The van der Waals surface area contributed by atoms with Crippen molar-refractivity contribution in [3.63, 3.8) is 0 Å². The summed E-state index contributed by atoms with van der Waals surface area (Å²) in [5.41, 5.74) is 8.76. The Balaban J connectivity index is 0.00000449. The molecule has 296 valence electrons. The lowest BCUT2D eigenvalue weighted by Crippen LogP contribution is -2.61. The van der Waals surface area contributed by atoms with Crippen LogP contribution in [-0.2, 0) is 5.54 Å². The van der Waals surface area contributed by atoms with E-state index in [9.17, 15) is 0 Å². The second-order valence-corrected chi connectivity index (χ2v) is 20.0. The van der Waals surface area contributed by atoms with Crippen molar-refractivity contribution in [3.05, 3.63) is 140 Å². The Hall–Kier alpha value is -3.61. The Kier molecular flexibility index (Phi) is 11.5. The van der Waals surface area contributed by atoms with E-state index in [1.165, 1.54) is 14.1 Å². The number of halogens is 4. The third-order valence-electron chi connectivity index (χ3n) is 10.6. The fourth-order valence-electron chi connectivity index (χ4n) is 7.65. The van der Waals surface area contributed by atoms with Gasteiger partial charge in [-0.05, 0) is 107 Å². The number of hydrogen-bond acceptors (Lipinski definition) is 12. The quantitative estimate of drug-likeness (QED) is 0.159. The third kappa shape index (κ3) is 7.36. The van der Waals surface area contributed by atoms with Gasteiger partial charge in [-0.25, -0.2) is 29.9 Å². The summed E-state index contributed by atoms with van der Waals surface area (Å²) in [4.78, 5) is 39.2. The van der Waals surface area contributed by atoms with Crippen molar-refractivity contribution in [2.75, 3.05) is 33.2 Å². The van der Waals surface area contributed by atoms with Crippen molar-refractivity contribution in [1.82, 2.24) is 39.7 Å². The van der Waals surface area contributed by atoms with Gasteiger partial charge in [0.25, 0.3) is 0 Å². The lowest BCUT2D eigenvalue weighted by molar-refractivity contribution is 0.0317. The van der Waals surface area contributed by atoms with Gasteiger partial charge in [0.1, 0.15) is 5.82 Å². The van der Waals surface area contributed by atoms with Crippen LogP contribution in [-0.4, -0.2) is 72.9 Å². The molecule has 0 saturated carbocycles. The molecule has 1 aliphatic heterocycles. The first-order chi connectivity index (χ1) is 28.3. The Bertz CT molecular complexity index is 2780. The molecular formula is C43H33Br3ClN9S3. The zero-order valence-electron chi connectivity index (χ0n) is 31.2. The molecule has 1 aliphatic rings. The summed E-state index contributed by atoms with van der Waals surface area (Å²) < 4.78 is 5.85. The number of hydrogen-bond donors (Lipinski definition) is 1. The van der Waals surface area contributed by atoms with Crippen LogP contribution in [0.5, 0.6) is 0 Å². The first kappa shape index (κ1) is 40.8. The van der Waals surface area contributed by atoms with E-state index in [1.54, 1.807) is 40.2 Å². The van der Waals surface area contributed by atoms with Crippen LogP contribution in [0.1, 0.15) is 23.5 Å². The molecule has 59 heavy (non-hydrogen) atoms. The van der Waals surface area contributed by atoms with Gasteiger partial charge < -0.3 is 10.6 Å². The molecule has 7 heterocycles. The number of benzene rings is 3. The highest BCUT2D eigenvalue weighted by atomic mass is 79.9. The minimum atomic E-state index is -1.31. The Morgan fingerprint density at radius 3 is 1.39 bits per heavy atom. The van der Waals surface area contributed by atoms with Crippen molar-refractivity contribution in [1.29, 1.82) is 0 Å². The van der Waals surface area contributed by atoms with Crippen LogP contribution in [0.2, 0.25) is 0 Å². The summed E-state index contributed by atoms with van der Waals surface area (Å²) in [5.74, 6) is 1.37. The van der Waals surface area contributed by atoms with E-state index >= 15 is 0 Å². The number of rotatable bonds is 8. The van der Waals surface area contributed by atoms with E-state index in [-0.39, 0.29) is 12.4 Å². The van der Waals surface area contributed by atoms with Crippen LogP contribution >= 0.6 is 94.2 Å². The van der Waals surface area contributed by atoms with Crippen LogP contribution < -0.4 is 5.73 Å². The first-order valence-corrected chi connectivity index (χ1v) is 23.3. The number of aromatic nitrogens is 6. The topological polar surface area (TPSA) is 110 Å². The van der Waals surface area contributed by atoms with Gasteiger partial charge in [-0.2, -0.15) is 0 Å². The minimum Gasteiger partial charge on any atom is -0.319 e. The number of fused-ring (bicyclic) bond motifs is 3. The fourth-order valence-corrected chi connectivity index (χ4v) is 12.5. The normalized spacial score (nSPS) is 14.6. The van der Waals surface area contributed by atoms with E-state index in [1.807, 2.05) is 12.4 Å². The number of thiophene rings is 3.